The fraction of sp³-hybridized carbons (Fsp3) is 0.211. The average molecular weight is 352 g/mol. The van der Waals surface area contributed by atoms with Crippen LogP contribution in [0, 0.1) is 20.8 Å². The molecule has 5 nitrogen and oxygen atoms in total. The predicted molar refractivity (Wildman–Crippen MR) is 101 cm³/mol. The number of carbonyl (C=O) groups excluding carboxylic acids is 1. The zero-order valence-electron chi connectivity index (χ0n) is 14.5. The number of imidazole rings is 1. The molecule has 1 N–H and O–H groups in total. The molecule has 6 heteroatoms. The van der Waals surface area contributed by atoms with E-state index in [9.17, 15) is 4.79 Å². The van der Waals surface area contributed by atoms with Gasteiger partial charge in [0.2, 0.25) is 5.91 Å². The molecule has 0 bridgehead atoms. The maximum Gasteiger partial charge on any atom is 0.234 e. The molecule has 0 radical (unpaired) electrons. The van der Waals surface area contributed by atoms with Gasteiger partial charge in [-0.15, -0.1) is 0 Å². The van der Waals surface area contributed by atoms with Crippen LogP contribution in [0.2, 0.25) is 0 Å². The zero-order chi connectivity index (χ0) is 17.8. The molecule has 0 spiro atoms. The number of aromatic nitrogens is 3. The van der Waals surface area contributed by atoms with Crippen molar-refractivity contribution in [2.75, 3.05) is 11.1 Å². The Morgan fingerprint density at radius 3 is 2.64 bits per heavy atom. The number of pyridine rings is 1. The molecule has 0 unspecified atom stereocenters. The van der Waals surface area contributed by atoms with E-state index in [4.69, 9.17) is 0 Å². The zero-order valence-corrected chi connectivity index (χ0v) is 15.3. The number of hydrogen-bond acceptors (Lipinski definition) is 4. The van der Waals surface area contributed by atoms with Crippen LogP contribution in [0.3, 0.4) is 0 Å². The molecule has 0 aliphatic heterocycles. The highest BCUT2D eigenvalue weighted by atomic mass is 32.2. The van der Waals surface area contributed by atoms with Crippen LogP contribution in [0.5, 0.6) is 0 Å². The second kappa shape index (κ2) is 7.53. The van der Waals surface area contributed by atoms with E-state index in [1.54, 1.807) is 18.6 Å². The first kappa shape index (κ1) is 17.2. The standard InChI is InChI=1S/C19H20N4OS/c1-13-8-14(2)10-16(9-13)23-7-6-21-19(23)25-12-18(24)22-17-11-20-5-4-15(17)3/h4-11H,12H2,1-3H3,(H,22,24). The number of anilines is 1. The lowest BCUT2D eigenvalue weighted by atomic mass is 10.1. The van der Waals surface area contributed by atoms with Crippen LogP contribution in [0.1, 0.15) is 16.7 Å². The third-order valence-electron chi connectivity index (χ3n) is 3.74. The highest BCUT2D eigenvalue weighted by molar-refractivity contribution is 7.99. The van der Waals surface area contributed by atoms with Gasteiger partial charge in [0.15, 0.2) is 5.16 Å². The van der Waals surface area contributed by atoms with Crippen LogP contribution in [0.25, 0.3) is 5.69 Å². The van der Waals surface area contributed by atoms with Gasteiger partial charge in [0.25, 0.3) is 0 Å². The molecule has 25 heavy (non-hydrogen) atoms. The molecule has 0 fully saturated rings. The monoisotopic (exact) mass is 352 g/mol. The number of benzene rings is 1. The Labute approximate surface area is 151 Å². The number of aryl methyl sites for hydroxylation is 3. The van der Waals surface area contributed by atoms with E-state index < -0.39 is 0 Å². The lowest BCUT2D eigenvalue weighted by Gasteiger charge is -2.10. The quantitative estimate of drug-likeness (QED) is 0.707. The molecular weight excluding hydrogens is 332 g/mol. The van der Waals surface area contributed by atoms with Crippen LogP contribution in [0.4, 0.5) is 5.69 Å². The molecule has 2 heterocycles. The van der Waals surface area contributed by atoms with Gasteiger partial charge in [-0.1, -0.05) is 17.8 Å². The normalized spacial score (nSPS) is 10.7. The van der Waals surface area contributed by atoms with E-state index in [1.807, 2.05) is 23.8 Å². The summed E-state index contributed by atoms with van der Waals surface area (Å²) in [4.78, 5) is 20.6. The molecule has 0 aliphatic carbocycles. The Balaban J connectivity index is 1.69. The summed E-state index contributed by atoms with van der Waals surface area (Å²) in [6.07, 6.45) is 7.04. The van der Waals surface area contributed by atoms with Crippen molar-refractivity contribution < 1.29 is 4.79 Å². The Morgan fingerprint density at radius 1 is 1.16 bits per heavy atom. The number of thioether (sulfide) groups is 1. The molecule has 2 aromatic heterocycles. The van der Waals surface area contributed by atoms with E-state index in [2.05, 4.69) is 47.3 Å². The van der Waals surface area contributed by atoms with Gasteiger partial charge in [-0.25, -0.2) is 4.98 Å². The van der Waals surface area contributed by atoms with Gasteiger partial charge in [0.1, 0.15) is 0 Å². The largest absolute Gasteiger partial charge is 0.324 e. The maximum absolute atomic E-state index is 12.2. The van der Waals surface area contributed by atoms with Crippen molar-refractivity contribution in [3.63, 3.8) is 0 Å². The Bertz CT molecular complexity index is 884. The lowest BCUT2D eigenvalue weighted by Crippen LogP contribution is -2.15. The first-order chi connectivity index (χ1) is 12.0. The first-order valence-corrected chi connectivity index (χ1v) is 8.97. The van der Waals surface area contributed by atoms with Gasteiger partial charge < -0.3 is 5.32 Å². The van der Waals surface area contributed by atoms with Gasteiger partial charge >= 0.3 is 0 Å². The minimum atomic E-state index is -0.0731. The van der Waals surface area contributed by atoms with Crippen molar-refractivity contribution >= 4 is 23.4 Å². The third-order valence-corrected chi connectivity index (χ3v) is 4.70. The number of carbonyl (C=O) groups is 1. The summed E-state index contributed by atoms with van der Waals surface area (Å²) in [6.45, 7) is 6.09. The van der Waals surface area contributed by atoms with Crippen LogP contribution in [-0.4, -0.2) is 26.2 Å². The van der Waals surface area contributed by atoms with E-state index in [0.29, 0.717) is 0 Å². The smallest absolute Gasteiger partial charge is 0.234 e. The molecule has 1 amide bonds. The van der Waals surface area contributed by atoms with Gasteiger partial charge in [0.05, 0.1) is 17.6 Å². The number of amides is 1. The second-order valence-electron chi connectivity index (χ2n) is 5.95. The SMILES string of the molecule is Cc1cc(C)cc(-n2ccnc2SCC(=O)Nc2cnccc2C)c1. The van der Waals surface area contributed by atoms with E-state index in [0.717, 1.165) is 22.1 Å². The molecule has 0 saturated heterocycles. The summed E-state index contributed by atoms with van der Waals surface area (Å²) in [7, 11) is 0. The van der Waals surface area contributed by atoms with Gasteiger partial charge in [-0.2, -0.15) is 0 Å². The fourth-order valence-electron chi connectivity index (χ4n) is 2.59. The van der Waals surface area contributed by atoms with Crippen molar-refractivity contribution in [3.05, 3.63) is 65.7 Å². The molecule has 0 atom stereocenters. The van der Waals surface area contributed by atoms with Gasteiger partial charge in [0, 0.05) is 24.3 Å². The number of hydrogen-bond donors (Lipinski definition) is 1. The molecule has 3 rings (SSSR count). The average Bonchev–Trinajstić information content (AvgIpc) is 3.03. The maximum atomic E-state index is 12.2. The molecule has 128 valence electrons. The molecule has 1 aromatic carbocycles. The number of nitrogens with one attached hydrogen (secondary N) is 1. The van der Waals surface area contributed by atoms with Crippen LogP contribution in [0.15, 0.2) is 54.2 Å². The van der Waals surface area contributed by atoms with Crippen LogP contribution >= 0.6 is 11.8 Å². The highest BCUT2D eigenvalue weighted by Crippen LogP contribution is 2.22. The lowest BCUT2D eigenvalue weighted by molar-refractivity contribution is -0.113. The molecular formula is C19H20N4OS. The fourth-order valence-corrected chi connectivity index (χ4v) is 3.37. The second-order valence-corrected chi connectivity index (χ2v) is 6.90. The minimum absolute atomic E-state index is 0.0731. The van der Waals surface area contributed by atoms with Crippen molar-refractivity contribution in [2.24, 2.45) is 0 Å². The topological polar surface area (TPSA) is 59.8 Å². The predicted octanol–water partition coefficient (Wildman–Crippen LogP) is 3.92. The summed E-state index contributed by atoms with van der Waals surface area (Å²) in [5, 5.41) is 3.69. The Morgan fingerprint density at radius 2 is 1.92 bits per heavy atom. The van der Waals surface area contributed by atoms with E-state index in [-0.39, 0.29) is 11.7 Å². The molecule has 0 saturated carbocycles. The van der Waals surface area contributed by atoms with Crippen molar-refractivity contribution in [1.82, 2.24) is 14.5 Å². The number of nitrogens with zero attached hydrogens (tertiary/aromatic N) is 3. The van der Waals surface area contributed by atoms with Gasteiger partial charge in [-0.3, -0.25) is 14.3 Å². The molecule has 3 aromatic rings. The summed E-state index contributed by atoms with van der Waals surface area (Å²) < 4.78 is 2.01. The summed E-state index contributed by atoms with van der Waals surface area (Å²) >= 11 is 1.41. The van der Waals surface area contributed by atoms with Crippen LogP contribution in [-0.2, 0) is 4.79 Å². The summed E-state index contributed by atoms with van der Waals surface area (Å²) in [6, 6.07) is 8.22. The number of rotatable bonds is 5. The third kappa shape index (κ3) is 4.28. The van der Waals surface area contributed by atoms with Crippen molar-refractivity contribution in [1.29, 1.82) is 0 Å². The van der Waals surface area contributed by atoms with E-state index in [1.165, 1.54) is 22.9 Å². The highest BCUT2D eigenvalue weighted by Gasteiger charge is 2.11. The molecule has 0 aliphatic rings. The van der Waals surface area contributed by atoms with Crippen molar-refractivity contribution in [2.45, 2.75) is 25.9 Å². The Hall–Kier alpha value is -2.60. The minimum Gasteiger partial charge on any atom is -0.324 e. The summed E-state index contributed by atoms with van der Waals surface area (Å²) in [5.74, 6) is 0.215. The van der Waals surface area contributed by atoms with Gasteiger partial charge in [-0.05, 0) is 55.7 Å². The first-order valence-electron chi connectivity index (χ1n) is 7.98. The summed E-state index contributed by atoms with van der Waals surface area (Å²) in [5.41, 5.74) is 5.19. The van der Waals surface area contributed by atoms with Crippen molar-refractivity contribution in [3.8, 4) is 5.69 Å². The Kier molecular flexibility index (Phi) is 5.19. The van der Waals surface area contributed by atoms with Crippen LogP contribution < -0.4 is 5.32 Å². The van der Waals surface area contributed by atoms with E-state index >= 15 is 0 Å².